The number of hydrogen-bond donors (Lipinski definition) is 1. The molecule has 1 aliphatic heterocycles. The summed E-state index contributed by atoms with van der Waals surface area (Å²) in [5.41, 5.74) is 1.08. The van der Waals surface area contributed by atoms with Crippen LogP contribution in [-0.4, -0.2) is 45.2 Å². The minimum absolute atomic E-state index is 0.242. The van der Waals surface area contributed by atoms with Crippen molar-refractivity contribution in [1.82, 2.24) is 25.0 Å². The molecule has 3 aromatic rings. The molecule has 2 aromatic heterocycles. The molecule has 0 bridgehead atoms. The van der Waals surface area contributed by atoms with Crippen molar-refractivity contribution < 1.29 is 4.74 Å². The van der Waals surface area contributed by atoms with Crippen LogP contribution in [0.15, 0.2) is 29.1 Å². The van der Waals surface area contributed by atoms with E-state index in [1.54, 1.807) is 7.11 Å². The number of aromatic nitrogens is 5. The molecular formula is C16H18N6O2. The molecule has 124 valence electrons. The third kappa shape index (κ3) is 2.60. The van der Waals surface area contributed by atoms with E-state index in [1.165, 1.54) is 11.2 Å². The highest BCUT2D eigenvalue weighted by Gasteiger charge is 2.17. The van der Waals surface area contributed by atoms with Gasteiger partial charge in [0, 0.05) is 13.1 Å². The zero-order valence-electron chi connectivity index (χ0n) is 13.4. The molecule has 0 amide bonds. The summed E-state index contributed by atoms with van der Waals surface area (Å²) in [7, 11) is 1.61. The number of piperidine rings is 1. The zero-order chi connectivity index (χ0) is 16.5. The third-order valence-electron chi connectivity index (χ3n) is 4.21. The van der Waals surface area contributed by atoms with Gasteiger partial charge in [-0.3, -0.25) is 9.78 Å². The summed E-state index contributed by atoms with van der Waals surface area (Å²) in [6.07, 6.45) is 3.44. The Morgan fingerprint density at radius 2 is 1.83 bits per heavy atom. The Morgan fingerprint density at radius 3 is 2.54 bits per heavy atom. The maximum absolute atomic E-state index is 12.3. The SMILES string of the molecule is COc1ccc(-n2nc3nc(N4CCCCC4)[nH]c(=O)c3n2)cc1. The lowest BCUT2D eigenvalue weighted by Crippen LogP contribution is -2.32. The van der Waals surface area contributed by atoms with Crippen LogP contribution in [0, 0.1) is 0 Å². The molecule has 0 aliphatic carbocycles. The lowest BCUT2D eigenvalue weighted by atomic mass is 10.1. The fraction of sp³-hybridized carbons (Fsp3) is 0.375. The first-order valence-corrected chi connectivity index (χ1v) is 8.01. The summed E-state index contributed by atoms with van der Waals surface area (Å²) in [6.45, 7) is 1.81. The molecule has 24 heavy (non-hydrogen) atoms. The number of nitrogens with one attached hydrogen (secondary N) is 1. The Hall–Kier alpha value is -2.90. The Balaban J connectivity index is 1.74. The van der Waals surface area contributed by atoms with Crippen molar-refractivity contribution in [2.24, 2.45) is 0 Å². The van der Waals surface area contributed by atoms with Crippen molar-refractivity contribution in [1.29, 1.82) is 0 Å². The topological polar surface area (TPSA) is 88.9 Å². The standard InChI is InChI=1S/C16H18N6O2/c1-24-12-7-5-11(6-8-12)22-19-13-14(20-22)17-16(18-15(13)23)21-9-3-2-4-10-21/h5-8H,2-4,9-10H2,1H3,(H,17,18,20,23). The molecule has 0 unspecified atom stereocenters. The van der Waals surface area contributed by atoms with E-state index in [1.807, 2.05) is 24.3 Å². The largest absolute Gasteiger partial charge is 0.497 e. The normalized spacial score (nSPS) is 15.0. The van der Waals surface area contributed by atoms with Gasteiger partial charge in [-0.25, -0.2) is 0 Å². The number of benzene rings is 1. The quantitative estimate of drug-likeness (QED) is 0.785. The van der Waals surface area contributed by atoms with Gasteiger partial charge in [0.15, 0.2) is 5.52 Å². The van der Waals surface area contributed by atoms with E-state index in [0.29, 0.717) is 11.6 Å². The molecule has 0 saturated carbocycles. The van der Waals surface area contributed by atoms with E-state index in [4.69, 9.17) is 4.74 Å². The van der Waals surface area contributed by atoms with Gasteiger partial charge in [-0.2, -0.15) is 4.98 Å². The minimum atomic E-state index is -0.264. The van der Waals surface area contributed by atoms with Crippen molar-refractivity contribution >= 4 is 17.1 Å². The predicted molar refractivity (Wildman–Crippen MR) is 89.9 cm³/mol. The van der Waals surface area contributed by atoms with Crippen LogP contribution in [-0.2, 0) is 0 Å². The van der Waals surface area contributed by atoms with Crippen LogP contribution in [0.2, 0.25) is 0 Å². The van der Waals surface area contributed by atoms with Crippen molar-refractivity contribution in [2.75, 3.05) is 25.1 Å². The van der Waals surface area contributed by atoms with Crippen LogP contribution in [0.4, 0.5) is 5.95 Å². The second kappa shape index (κ2) is 5.95. The summed E-state index contributed by atoms with van der Waals surface area (Å²) in [6, 6.07) is 7.30. The number of ether oxygens (including phenoxy) is 1. The van der Waals surface area contributed by atoms with E-state index < -0.39 is 0 Å². The molecule has 0 radical (unpaired) electrons. The molecule has 8 heteroatoms. The molecule has 1 N–H and O–H groups in total. The molecule has 1 aliphatic rings. The van der Waals surface area contributed by atoms with Crippen LogP contribution >= 0.6 is 0 Å². The smallest absolute Gasteiger partial charge is 0.282 e. The van der Waals surface area contributed by atoms with Crippen molar-refractivity contribution in [3.63, 3.8) is 0 Å². The van der Waals surface area contributed by atoms with Gasteiger partial charge in [-0.1, -0.05) is 0 Å². The Bertz CT molecular complexity index is 908. The summed E-state index contributed by atoms with van der Waals surface area (Å²) in [4.78, 5) is 23.2. The number of methoxy groups -OCH3 is 1. The van der Waals surface area contributed by atoms with Gasteiger partial charge in [-0.15, -0.1) is 15.0 Å². The number of nitrogens with zero attached hydrogens (tertiary/aromatic N) is 5. The number of aromatic amines is 1. The van der Waals surface area contributed by atoms with E-state index >= 15 is 0 Å². The van der Waals surface area contributed by atoms with E-state index in [2.05, 4.69) is 25.1 Å². The average Bonchev–Trinajstić information content (AvgIpc) is 3.07. The number of anilines is 1. The van der Waals surface area contributed by atoms with Gasteiger partial charge in [-0.05, 0) is 43.5 Å². The molecule has 1 aromatic carbocycles. The Labute approximate surface area is 138 Å². The molecule has 1 saturated heterocycles. The summed E-state index contributed by atoms with van der Waals surface area (Å²) >= 11 is 0. The fourth-order valence-electron chi connectivity index (χ4n) is 2.90. The highest BCUT2D eigenvalue weighted by molar-refractivity contribution is 5.69. The van der Waals surface area contributed by atoms with Gasteiger partial charge < -0.3 is 9.64 Å². The average molecular weight is 326 g/mol. The lowest BCUT2D eigenvalue weighted by molar-refractivity contribution is 0.414. The van der Waals surface area contributed by atoms with Gasteiger partial charge in [0.1, 0.15) is 5.75 Å². The van der Waals surface area contributed by atoms with Gasteiger partial charge >= 0.3 is 0 Å². The highest BCUT2D eigenvalue weighted by Crippen LogP contribution is 2.17. The molecular weight excluding hydrogens is 308 g/mol. The van der Waals surface area contributed by atoms with Gasteiger partial charge in [0.05, 0.1) is 12.8 Å². The zero-order valence-corrected chi connectivity index (χ0v) is 13.4. The first-order chi connectivity index (χ1) is 11.7. The molecule has 4 rings (SSSR count). The molecule has 1 fully saturated rings. The monoisotopic (exact) mass is 326 g/mol. The molecule has 0 spiro atoms. The number of H-pyrrole nitrogens is 1. The maximum Gasteiger partial charge on any atom is 0.282 e. The van der Waals surface area contributed by atoms with Crippen LogP contribution < -0.4 is 15.2 Å². The first-order valence-electron chi connectivity index (χ1n) is 8.01. The van der Waals surface area contributed by atoms with E-state index in [9.17, 15) is 4.79 Å². The van der Waals surface area contributed by atoms with Crippen molar-refractivity contribution in [3.8, 4) is 11.4 Å². The predicted octanol–water partition coefficient (Wildman–Crippen LogP) is 1.50. The van der Waals surface area contributed by atoms with Crippen LogP contribution in [0.1, 0.15) is 19.3 Å². The molecule has 8 nitrogen and oxygen atoms in total. The highest BCUT2D eigenvalue weighted by atomic mass is 16.5. The summed E-state index contributed by atoms with van der Waals surface area (Å²) < 4.78 is 5.14. The van der Waals surface area contributed by atoms with Crippen LogP contribution in [0.25, 0.3) is 16.9 Å². The Morgan fingerprint density at radius 1 is 1.08 bits per heavy atom. The second-order valence-electron chi connectivity index (χ2n) is 5.80. The van der Waals surface area contributed by atoms with E-state index in [0.717, 1.165) is 37.4 Å². The number of rotatable bonds is 3. The Kier molecular flexibility index (Phi) is 3.64. The number of fused-ring (bicyclic) bond motifs is 1. The first kappa shape index (κ1) is 14.7. The minimum Gasteiger partial charge on any atom is -0.497 e. The van der Waals surface area contributed by atoms with Crippen LogP contribution in [0.3, 0.4) is 0 Å². The molecule has 0 atom stereocenters. The summed E-state index contributed by atoms with van der Waals surface area (Å²) in [5, 5.41) is 8.63. The van der Waals surface area contributed by atoms with Crippen molar-refractivity contribution in [3.05, 3.63) is 34.6 Å². The second-order valence-corrected chi connectivity index (χ2v) is 5.80. The fourth-order valence-corrected chi connectivity index (χ4v) is 2.90. The summed E-state index contributed by atoms with van der Waals surface area (Å²) in [5.74, 6) is 1.33. The molecule has 3 heterocycles. The van der Waals surface area contributed by atoms with Crippen LogP contribution in [0.5, 0.6) is 5.75 Å². The third-order valence-corrected chi connectivity index (χ3v) is 4.21. The van der Waals surface area contributed by atoms with E-state index in [-0.39, 0.29) is 11.1 Å². The number of hydrogen-bond acceptors (Lipinski definition) is 6. The maximum atomic E-state index is 12.3. The lowest BCUT2D eigenvalue weighted by Gasteiger charge is -2.26. The van der Waals surface area contributed by atoms with Crippen molar-refractivity contribution in [2.45, 2.75) is 19.3 Å². The van der Waals surface area contributed by atoms with Gasteiger partial charge in [0.25, 0.3) is 5.56 Å². The van der Waals surface area contributed by atoms with Gasteiger partial charge in [0.2, 0.25) is 11.6 Å².